The molecule has 0 radical (unpaired) electrons. The fourth-order valence-corrected chi connectivity index (χ4v) is 4.55. The first-order chi connectivity index (χ1) is 16.5. The molecule has 1 aliphatic rings. The smallest absolute Gasteiger partial charge is 0.255 e. The van der Waals surface area contributed by atoms with Crippen LogP contribution in [0.25, 0.3) is 33.1 Å². The Morgan fingerprint density at radius 3 is 2.79 bits per heavy atom. The van der Waals surface area contributed by atoms with E-state index >= 15 is 0 Å². The molecule has 7 heteroatoms. The molecule has 0 saturated carbocycles. The Kier molecular flexibility index (Phi) is 5.30. The van der Waals surface area contributed by atoms with Crippen LogP contribution in [0.1, 0.15) is 11.1 Å². The van der Waals surface area contributed by atoms with Gasteiger partial charge in [-0.05, 0) is 54.0 Å². The molecule has 4 aromatic rings. The van der Waals surface area contributed by atoms with Gasteiger partial charge in [0.05, 0.1) is 16.7 Å². The number of hydrogen-bond donors (Lipinski definition) is 1. The van der Waals surface area contributed by atoms with Crippen molar-refractivity contribution in [3.63, 3.8) is 0 Å². The van der Waals surface area contributed by atoms with E-state index in [1.54, 1.807) is 35.0 Å². The number of amides is 1. The van der Waals surface area contributed by atoms with E-state index in [-0.39, 0.29) is 11.5 Å². The van der Waals surface area contributed by atoms with Crippen molar-refractivity contribution in [3.05, 3.63) is 95.1 Å². The Morgan fingerprint density at radius 1 is 1.18 bits per heavy atom. The van der Waals surface area contributed by atoms with Gasteiger partial charge in [0.2, 0.25) is 5.91 Å². The van der Waals surface area contributed by atoms with Crippen molar-refractivity contribution >= 4 is 45.2 Å². The van der Waals surface area contributed by atoms with Crippen molar-refractivity contribution in [3.8, 4) is 5.69 Å². The summed E-state index contributed by atoms with van der Waals surface area (Å²) in [5.74, 6) is -0.154. The Hall–Kier alpha value is -4.52. The largest absolute Gasteiger partial charge is 0.404 e. The first-order valence-corrected chi connectivity index (χ1v) is 10.9. The molecule has 2 aromatic carbocycles. The van der Waals surface area contributed by atoms with E-state index in [4.69, 9.17) is 5.73 Å². The van der Waals surface area contributed by atoms with Gasteiger partial charge in [-0.2, -0.15) is 0 Å². The van der Waals surface area contributed by atoms with Crippen LogP contribution in [0, 0.1) is 0 Å². The van der Waals surface area contributed by atoms with E-state index in [1.807, 2.05) is 36.4 Å². The molecule has 0 fully saturated rings. The highest BCUT2D eigenvalue weighted by Crippen LogP contribution is 2.32. The topological polar surface area (TPSA) is 93.6 Å². The number of fused-ring (bicyclic) bond motifs is 4. The van der Waals surface area contributed by atoms with Gasteiger partial charge in [-0.15, -0.1) is 0 Å². The maximum Gasteiger partial charge on any atom is 0.255 e. The van der Waals surface area contributed by atoms with Crippen LogP contribution in [0.15, 0.2) is 83.4 Å². The molecule has 168 valence electrons. The van der Waals surface area contributed by atoms with Crippen molar-refractivity contribution in [2.75, 3.05) is 18.5 Å². The summed E-state index contributed by atoms with van der Waals surface area (Å²) in [4.78, 5) is 36.0. The van der Waals surface area contributed by atoms with Crippen LogP contribution in [0.4, 0.5) is 5.69 Å². The highest BCUT2D eigenvalue weighted by Gasteiger charge is 2.24. The lowest BCUT2D eigenvalue weighted by Crippen LogP contribution is -2.27. The molecule has 2 N–H and O–H groups in total. The highest BCUT2D eigenvalue weighted by molar-refractivity contribution is 6.12. The number of pyridine rings is 2. The summed E-state index contributed by atoms with van der Waals surface area (Å²) in [6.45, 7) is 4.21. The minimum atomic E-state index is -0.172. The van der Waals surface area contributed by atoms with Crippen LogP contribution in [0.2, 0.25) is 0 Å². The summed E-state index contributed by atoms with van der Waals surface area (Å²) >= 11 is 0. The van der Waals surface area contributed by atoms with E-state index in [0.29, 0.717) is 12.2 Å². The molecule has 2 aromatic heterocycles. The lowest BCUT2D eigenvalue weighted by Gasteiger charge is -2.18. The number of aromatic nitrogens is 2. The van der Waals surface area contributed by atoms with E-state index in [2.05, 4.69) is 16.6 Å². The zero-order valence-corrected chi connectivity index (χ0v) is 18.7. The molecule has 0 unspecified atom stereocenters. The maximum absolute atomic E-state index is 13.2. The molecule has 34 heavy (non-hydrogen) atoms. The van der Waals surface area contributed by atoms with Gasteiger partial charge in [0.15, 0.2) is 0 Å². The zero-order valence-electron chi connectivity index (χ0n) is 18.7. The number of aliphatic imine (C=N–C) groups is 1. The first-order valence-electron chi connectivity index (χ1n) is 10.9. The third-order valence-corrected chi connectivity index (χ3v) is 6.16. The Morgan fingerprint density at radius 2 is 2.03 bits per heavy atom. The summed E-state index contributed by atoms with van der Waals surface area (Å²) < 4.78 is 1.68. The second-order valence-corrected chi connectivity index (χ2v) is 8.07. The molecule has 7 nitrogen and oxygen atoms in total. The molecule has 0 saturated heterocycles. The lowest BCUT2D eigenvalue weighted by molar-refractivity contribution is -0.114. The number of anilines is 1. The molecule has 3 heterocycles. The number of nitrogens with two attached hydrogens (primary N) is 1. The number of allylic oxidation sites excluding steroid dienone is 1. The van der Waals surface area contributed by atoms with Crippen LogP contribution in [-0.2, 0) is 11.2 Å². The quantitative estimate of drug-likeness (QED) is 0.293. The number of carbonyl (C=O) groups excluding carboxylic acids is 1. The van der Waals surface area contributed by atoms with Crippen molar-refractivity contribution in [1.82, 2.24) is 9.55 Å². The van der Waals surface area contributed by atoms with Gasteiger partial charge in [-0.1, -0.05) is 18.7 Å². The fourth-order valence-electron chi connectivity index (χ4n) is 4.55. The van der Waals surface area contributed by atoms with Crippen LogP contribution >= 0.6 is 0 Å². The third kappa shape index (κ3) is 3.38. The third-order valence-electron chi connectivity index (χ3n) is 6.16. The van der Waals surface area contributed by atoms with Gasteiger partial charge < -0.3 is 10.6 Å². The summed E-state index contributed by atoms with van der Waals surface area (Å²) in [6, 6.07) is 14.9. The van der Waals surface area contributed by atoms with E-state index in [1.165, 1.54) is 18.3 Å². The summed E-state index contributed by atoms with van der Waals surface area (Å²) in [6.07, 6.45) is 7.04. The Balaban J connectivity index is 1.81. The number of nitrogens with zero attached hydrogens (tertiary/aromatic N) is 4. The van der Waals surface area contributed by atoms with E-state index in [0.717, 1.165) is 50.6 Å². The number of hydrogen-bond acceptors (Lipinski definition) is 5. The standard InChI is InChI=1S/C27H23N5O2/c1-3-25(33)31-11-10-17-4-7-21(13-24(17)31)32-26(34)9-6-19-16-30-23-8-5-18(12-22(23)27(19)32)20(14-28)15-29-2/h3-9,12-16H,1,10-11,28H2,2H3. The Labute approximate surface area is 196 Å². The molecule has 5 rings (SSSR count). The van der Waals surface area contributed by atoms with Gasteiger partial charge in [-0.3, -0.25) is 24.1 Å². The van der Waals surface area contributed by atoms with Crippen molar-refractivity contribution in [1.29, 1.82) is 0 Å². The highest BCUT2D eigenvalue weighted by atomic mass is 16.2. The van der Waals surface area contributed by atoms with E-state index < -0.39 is 0 Å². The van der Waals surface area contributed by atoms with Gasteiger partial charge in [0.1, 0.15) is 0 Å². The van der Waals surface area contributed by atoms with Crippen LogP contribution in [-0.4, -0.2) is 35.3 Å². The first kappa shape index (κ1) is 21.3. The van der Waals surface area contributed by atoms with Gasteiger partial charge in [0, 0.05) is 60.3 Å². The molecule has 0 aliphatic carbocycles. The average Bonchev–Trinajstić information content (AvgIpc) is 3.29. The predicted octanol–water partition coefficient (Wildman–Crippen LogP) is 3.61. The second-order valence-electron chi connectivity index (χ2n) is 8.07. The Bertz CT molecular complexity index is 1600. The minimum absolute atomic E-state index is 0.154. The maximum atomic E-state index is 13.2. The minimum Gasteiger partial charge on any atom is -0.404 e. The molecule has 0 spiro atoms. The molecule has 1 amide bonds. The summed E-state index contributed by atoms with van der Waals surface area (Å²) in [5.41, 5.74) is 11.3. The van der Waals surface area contributed by atoms with Crippen LogP contribution in [0.3, 0.4) is 0 Å². The number of rotatable bonds is 4. The SMILES string of the molecule is C=CC(=O)N1CCc2ccc(-n3c(=O)ccc4cnc5ccc(C(C=NC)=CN)cc5c43)cc21. The molecular weight excluding hydrogens is 426 g/mol. The van der Waals surface area contributed by atoms with Crippen molar-refractivity contribution < 1.29 is 4.79 Å². The lowest BCUT2D eigenvalue weighted by atomic mass is 10.0. The monoisotopic (exact) mass is 449 g/mol. The van der Waals surface area contributed by atoms with E-state index in [9.17, 15) is 9.59 Å². The summed E-state index contributed by atoms with van der Waals surface area (Å²) in [7, 11) is 1.69. The number of benzene rings is 2. The van der Waals surface area contributed by atoms with Crippen molar-refractivity contribution in [2.24, 2.45) is 10.7 Å². The van der Waals surface area contributed by atoms with Gasteiger partial charge >= 0.3 is 0 Å². The average molecular weight is 450 g/mol. The molecule has 0 atom stereocenters. The molecular formula is C27H23N5O2. The zero-order chi connectivity index (χ0) is 23.8. The normalized spacial score (nSPS) is 13.7. The van der Waals surface area contributed by atoms with Crippen LogP contribution < -0.4 is 16.2 Å². The number of carbonyl (C=O) groups is 1. The summed E-state index contributed by atoms with van der Waals surface area (Å²) in [5, 5.41) is 1.64. The fraction of sp³-hybridized carbons (Fsp3) is 0.111. The molecule has 1 aliphatic heterocycles. The predicted molar refractivity (Wildman–Crippen MR) is 138 cm³/mol. The van der Waals surface area contributed by atoms with Crippen molar-refractivity contribution in [2.45, 2.75) is 6.42 Å². The molecule has 0 bridgehead atoms. The van der Waals surface area contributed by atoms with Crippen LogP contribution in [0.5, 0.6) is 0 Å². The van der Waals surface area contributed by atoms with Gasteiger partial charge in [0.25, 0.3) is 5.56 Å². The second kappa shape index (κ2) is 8.44. The van der Waals surface area contributed by atoms with Gasteiger partial charge in [-0.25, -0.2) is 0 Å².